The van der Waals surface area contributed by atoms with E-state index in [1.807, 2.05) is 0 Å². The molecule has 0 fully saturated rings. The number of hydrogen-bond acceptors (Lipinski definition) is 6. The lowest BCUT2D eigenvalue weighted by molar-refractivity contribution is -0.742. The van der Waals surface area contributed by atoms with Crippen LogP contribution in [0.15, 0.2) is 13.2 Å². The zero-order valence-electron chi connectivity index (χ0n) is 6.25. The molecule has 0 saturated carbocycles. The van der Waals surface area contributed by atoms with Gasteiger partial charge in [0.1, 0.15) is 0 Å². The van der Waals surface area contributed by atoms with Crippen LogP contribution in [-0.4, -0.2) is 20.6 Å². The van der Waals surface area contributed by atoms with Crippen molar-refractivity contribution >= 4 is 0 Å². The van der Waals surface area contributed by atoms with Crippen LogP contribution in [0.1, 0.15) is 0 Å². The van der Waals surface area contributed by atoms with E-state index in [1.165, 1.54) is 0 Å². The largest absolute Gasteiger partial charge is 0.344 e. The molecule has 10 heteroatoms. The molecule has 0 unspecified atom stereocenters. The lowest BCUT2D eigenvalue weighted by Gasteiger charge is -1.56. The molecule has 12 heavy (non-hydrogen) atoms. The number of hydrogen-bond donors (Lipinski definition) is 4. The van der Waals surface area contributed by atoms with Crippen LogP contribution in [0.4, 0.5) is 0 Å². The molecule has 10 nitrogen and oxygen atoms in total. The van der Waals surface area contributed by atoms with E-state index in [4.69, 9.17) is 30.6 Å². The minimum Gasteiger partial charge on any atom is -0.344 e. The SMILES string of the molecule is C=C.N.N.O=[N+]([O-])O.O=[N+]([O-])O. The molecule has 0 bridgehead atoms. The highest BCUT2D eigenvalue weighted by molar-refractivity contribution is 4.22. The predicted octanol–water partition coefficient (Wildman–Crippen LogP) is 0.431. The summed E-state index contributed by atoms with van der Waals surface area (Å²) in [6.45, 7) is 6.00. The minimum atomic E-state index is -1.50. The van der Waals surface area contributed by atoms with Gasteiger partial charge < -0.3 is 22.7 Å². The molecular formula is C2H12N4O6. The summed E-state index contributed by atoms with van der Waals surface area (Å²) in [5.74, 6) is 0. The topological polar surface area (TPSA) is 197 Å². The second-order valence-corrected chi connectivity index (χ2v) is 0.476. The van der Waals surface area contributed by atoms with Gasteiger partial charge in [-0.15, -0.1) is 33.4 Å². The molecule has 0 saturated heterocycles. The Balaban J connectivity index is -0.0000000198. The zero-order chi connectivity index (χ0) is 9.15. The molecule has 0 spiro atoms. The van der Waals surface area contributed by atoms with E-state index in [-0.39, 0.29) is 12.3 Å². The van der Waals surface area contributed by atoms with Crippen molar-refractivity contribution < 1.29 is 20.6 Å². The van der Waals surface area contributed by atoms with E-state index in [2.05, 4.69) is 13.2 Å². The van der Waals surface area contributed by atoms with Crippen LogP contribution >= 0.6 is 0 Å². The summed E-state index contributed by atoms with van der Waals surface area (Å²) in [5.41, 5.74) is 0. The average Bonchev–Trinajstić information content (AvgIpc) is 1.66. The smallest absolute Gasteiger partial charge is 0.291 e. The molecule has 0 aromatic rings. The normalized spacial score (nSPS) is 4.33. The van der Waals surface area contributed by atoms with Crippen LogP contribution in [0.3, 0.4) is 0 Å². The summed E-state index contributed by atoms with van der Waals surface area (Å²) in [7, 11) is 0. The van der Waals surface area contributed by atoms with E-state index < -0.39 is 10.2 Å². The highest BCUT2D eigenvalue weighted by Crippen LogP contribution is 1.38. The number of nitrogens with zero attached hydrogens (tertiary/aromatic N) is 2. The van der Waals surface area contributed by atoms with Crippen LogP contribution in [0, 0.1) is 20.2 Å². The fraction of sp³-hybridized carbons (Fsp3) is 0. The van der Waals surface area contributed by atoms with Gasteiger partial charge >= 0.3 is 0 Å². The highest BCUT2D eigenvalue weighted by atomic mass is 16.9. The van der Waals surface area contributed by atoms with Crippen molar-refractivity contribution in [1.82, 2.24) is 12.3 Å². The first-order chi connectivity index (χ1) is 4.46. The molecule has 0 aliphatic heterocycles. The highest BCUT2D eigenvalue weighted by Gasteiger charge is 1.65. The first kappa shape index (κ1) is 32.3. The van der Waals surface area contributed by atoms with Gasteiger partial charge in [-0.05, 0) is 0 Å². The van der Waals surface area contributed by atoms with Gasteiger partial charge in [-0.2, -0.15) is 0 Å². The first-order valence-electron chi connectivity index (χ1n) is 1.63. The van der Waals surface area contributed by atoms with Gasteiger partial charge in [0.15, 0.2) is 0 Å². The molecule has 0 amide bonds. The van der Waals surface area contributed by atoms with Crippen molar-refractivity contribution in [2.75, 3.05) is 0 Å². The second kappa shape index (κ2) is 35.7. The molecule has 0 radical (unpaired) electrons. The molecule has 0 atom stereocenters. The maximum Gasteiger partial charge on any atom is 0.291 e. The number of rotatable bonds is 0. The Morgan fingerprint density at radius 2 is 0.917 bits per heavy atom. The Labute approximate surface area is 67.5 Å². The van der Waals surface area contributed by atoms with Crippen molar-refractivity contribution in [3.05, 3.63) is 33.4 Å². The van der Waals surface area contributed by atoms with E-state index >= 15 is 0 Å². The third-order valence-electron chi connectivity index (χ3n) is 0. The third kappa shape index (κ3) is 107. The fourth-order valence-electron chi connectivity index (χ4n) is 0. The summed E-state index contributed by atoms with van der Waals surface area (Å²) < 4.78 is 0. The first-order valence-corrected chi connectivity index (χ1v) is 1.63. The molecule has 8 N–H and O–H groups in total. The summed E-state index contributed by atoms with van der Waals surface area (Å²) in [6, 6.07) is 0. The molecule has 0 aromatic carbocycles. The maximum absolute atomic E-state index is 8.36. The van der Waals surface area contributed by atoms with Gasteiger partial charge in [-0.25, -0.2) is 0 Å². The van der Waals surface area contributed by atoms with Crippen molar-refractivity contribution in [2.45, 2.75) is 0 Å². The molecule has 0 aliphatic rings. The van der Waals surface area contributed by atoms with Crippen LogP contribution in [0.25, 0.3) is 0 Å². The monoisotopic (exact) mass is 188 g/mol. The Hall–Kier alpha value is -1.94. The minimum absolute atomic E-state index is 0. The Bertz CT molecular complexity index is 85.7. The summed E-state index contributed by atoms with van der Waals surface area (Å²) in [5, 5.41) is 27.3. The van der Waals surface area contributed by atoms with E-state index in [1.54, 1.807) is 0 Å². The van der Waals surface area contributed by atoms with Gasteiger partial charge in [0.05, 0.1) is 0 Å². The summed E-state index contributed by atoms with van der Waals surface area (Å²) in [6.07, 6.45) is 0. The molecule has 76 valence electrons. The van der Waals surface area contributed by atoms with Crippen LogP contribution in [0.5, 0.6) is 0 Å². The van der Waals surface area contributed by atoms with Gasteiger partial charge in [0.25, 0.3) is 10.2 Å². The lowest BCUT2D eigenvalue weighted by Crippen LogP contribution is -1.81. The van der Waals surface area contributed by atoms with Gasteiger partial charge in [-0.1, -0.05) is 0 Å². The molecule has 0 aliphatic carbocycles. The van der Waals surface area contributed by atoms with E-state index in [0.29, 0.717) is 0 Å². The predicted molar refractivity (Wildman–Crippen MR) is 38.9 cm³/mol. The Morgan fingerprint density at radius 1 is 0.917 bits per heavy atom. The van der Waals surface area contributed by atoms with Crippen molar-refractivity contribution in [2.24, 2.45) is 0 Å². The summed E-state index contributed by atoms with van der Waals surface area (Å²) in [4.78, 5) is 16.7. The van der Waals surface area contributed by atoms with E-state index in [9.17, 15) is 0 Å². The standard InChI is InChI=1S/C2H4.2HNO3.2H3N/c1-2;2*2-1(3)4;;/h1-2H2;2*(H,2,3,4);2*1H3. The van der Waals surface area contributed by atoms with Crippen LogP contribution in [-0.2, 0) is 0 Å². The molecule has 0 rings (SSSR count). The van der Waals surface area contributed by atoms with Crippen molar-refractivity contribution in [1.29, 1.82) is 0 Å². The fourth-order valence-corrected chi connectivity index (χ4v) is 0. The van der Waals surface area contributed by atoms with E-state index in [0.717, 1.165) is 0 Å². The Kier molecular flexibility index (Phi) is 96.0. The van der Waals surface area contributed by atoms with Crippen molar-refractivity contribution in [3.63, 3.8) is 0 Å². The second-order valence-electron chi connectivity index (χ2n) is 0.476. The van der Waals surface area contributed by atoms with Gasteiger partial charge in [-0.3, -0.25) is 0 Å². The Morgan fingerprint density at radius 3 is 0.917 bits per heavy atom. The molecule has 0 aromatic heterocycles. The van der Waals surface area contributed by atoms with Gasteiger partial charge in [0, 0.05) is 0 Å². The summed E-state index contributed by atoms with van der Waals surface area (Å²) >= 11 is 0. The van der Waals surface area contributed by atoms with Crippen LogP contribution in [0.2, 0.25) is 0 Å². The quantitative estimate of drug-likeness (QED) is 0.238. The van der Waals surface area contributed by atoms with Crippen LogP contribution < -0.4 is 12.3 Å². The lowest BCUT2D eigenvalue weighted by atomic mass is 11.3. The average molecular weight is 188 g/mol. The maximum atomic E-state index is 8.36. The van der Waals surface area contributed by atoms with Crippen molar-refractivity contribution in [3.8, 4) is 0 Å². The third-order valence-corrected chi connectivity index (χ3v) is 0. The van der Waals surface area contributed by atoms with Gasteiger partial charge in [0.2, 0.25) is 0 Å². The molecule has 0 heterocycles. The zero-order valence-corrected chi connectivity index (χ0v) is 6.25. The molecular weight excluding hydrogens is 176 g/mol.